The number of carbonyl (C=O) groups excluding carboxylic acids is 1. The summed E-state index contributed by atoms with van der Waals surface area (Å²) in [6, 6.07) is 11.7. The number of halogens is 2. The third-order valence-corrected chi connectivity index (χ3v) is 8.12. The van der Waals surface area contributed by atoms with Crippen LogP contribution >= 0.6 is 0 Å². The quantitative estimate of drug-likeness (QED) is 0.284. The molecule has 1 aliphatic heterocycles. The number of hydrogen-bond donors (Lipinski definition) is 1. The largest absolute Gasteiger partial charge is 0.434 e. The molecule has 0 unspecified atom stereocenters. The van der Waals surface area contributed by atoms with Crippen LogP contribution in [0.15, 0.2) is 70.6 Å². The molecule has 0 aliphatic carbocycles. The number of anilines is 1. The fourth-order valence-electron chi connectivity index (χ4n) is 5.87. The molecule has 1 amide bonds. The first-order valence-corrected chi connectivity index (χ1v) is 14.4. The van der Waals surface area contributed by atoms with Gasteiger partial charge < -0.3 is 14.5 Å². The maximum Gasteiger partial charge on any atom is 0.387 e. The van der Waals surface area contributed by atoms with Gasteiger partial charge in [-0.05, 0) is 42.3 Å². The molecular weight excluding hydrogens is 586 g/mol. The van der Waals surface area contributed by atoms with E-state index in [2.05, 4.69) is 15.1 Å². The van der Waals surface area contributed by atoms with E-state index >= 15 is 0 Å². The number of carbonyl (C=O) groups is 1. The molecule has 2 aromatic carbocycles. The molecule has 0 saturated carbocycles. The van der Waals surface area contributed by atoms with Gasteiger partial charge in [-0.3, -0.25) is 33.5 Å². The van der Waals surface area contributed by atoms with Crippen molar-refractivity contribution >= 4 is 22.8 Å². The number of nitrogens with one attached hydrogen (secondary N) is 1. The van der Waals surface area contributed by atoms with Crippen LogP contribution in [0.3, 0.4) is 0 Å². The molecule has 0 bridgehead atoms. The first-order chi connectivity index (χ1) is 21.6. The highest BCUT2D eigenvalue weighted by atomic mass is 19.3. The minimum atomic E-state index is -3.03. The molecular formula is C31H32F2N8O4. The predicted molar refractivity (Wildman–Crippen MR) is 164 cm³/mol. The minimum Gasteiger partial charge on any atom is -0.434 e. The van der Waals surface area contributed by atoms with Crippen LogP contribution in [0.4, 0.5) is 14.7 Å². The summed E-state index contributed by atoms with van der Waals surface area (Å²) in [6.07, 6.45) is 5.04. The second kappa shape index (κ2) is 12.0. The molecule has 5 aromatic rings. The molecule has 1 N–H and O–H groups in total. The Morgan fingerprint density at radius 1 is 1.04 bits per heavy atom. The van der Waals surface area contributed by atoms with E-state index in [4.69, 9.17) is 4.74 Å². The number of aromatic nitrogens is 6. The first-order valence-electron chi connectivity index (χ1n) is 14.4. The number of ether oxygens (including phenoxy) is 1. The zero-order chi connectivity index (χ0) is 31.8. The van der Waals surface area contributed by atoms with E-state index in [0.717, 1.165) is 16.7 Å². The molecule has 3 aromatic heterocycles. The van der Waals surface area contributed by atoms with Crippen molar-refractivity contribution in [3.63, 3.8) is 0 Å². The lowest BCUT2D eigenvalue weighted by Gasteiger charge is -2.39. The van der Waals surface area contributed by atoms with Crippen LogP contribution in [-0.4, -0.2) is 72.2 Å². The fraction of sp³-hybridized carbons (Fsp3) is 0.323. The Hall–Kier alpha value is -5.27. The molecule has 1 atom stereocenters. The number of fused-ring (bicyclic) bond motifs is 1. The molecule has 234 valence electrons. The zero-order valence-electron chi connectivity index (χ0n) is 25.0. The average molecular weight is 619 g/mol. The van der Waals surface area contributed by atoms with Crippen LogP contribution in [0.25, 0.3) is 22.0 Å². The van der Waals surface area contributed by atoms with Gasteiger partial charge in [-0.1, -0.05) is 12.1 Å². The van der Waals surface area contributed by atoms with Crippen molar-refractivity contribution in [1.29, 1.82) is 0 Å². The number of hydrogen-bond acceptors (Lipinski definition) is 7. The van der Waals surface area contributed by atoms with Gasteiger partial charge in [-0.15, -0.1) is 0 Å². The Labute approximate surface area is 256 Å². The van der Waals surface area contributed by atoms with E-state index in [9.17, 15) is 23.2 Å². The highest BCUT2D eigenvalue weighted by Crippen LogP contribution is 2.28. The Bertz CT molecular complexity index is 1980. The van der Waals surface area contributed by atoms with Crippen LogP contribution in [-0.2, 0) is 24.9 Å². The Balaban J connectivity index is 1.31. The number of piperazine rings is 1. The first kappa shape index (κ1) is 29.8. The third-order valence-electron chi connectivity index (χ3n) is 8.12. The van der Waals surface area contributed by atoms with Gasteiger partial charge in [0, 0.05) is 75.4 Å². The normalized spacial score (nSPS) is 15.3. The molecule has 45 heavy (non-hydrogen) atoms. The van der Waals surface area contributed by atoms with Crippen molar-refractivity contribution < 1.29 is 18.3 Å². The van der Waals surface area contributed by atoms with E-state index in [1.165, 1.54) is 16.8 Å². The molecule has 4 heterocycles. The Morgan fingerprint density at radius 2 is 1.82 bits per heavy atom. The van der Waals surface area contributed by atoms with Gasteiger partial charge in [0.2, 0.25) is 11.9 Å². The maximum absolute atomic E-state index is 13.3. The molecule has 12 nitrogen and oxygen atoms in total. The SMILES string of the molecule is CC(=O)N1CCN(c2ncc(-c3ccc4c(=O)n(C)n(Cc5cc(Cn6ccc(=O)[nH]6)ccc5OC(F)F)c4c3)cn2)C[C@H]1C. The summed E-state index contributed by atoms with van der Waals surface area (Å²) in [7, 11) is 1.62. The van der Waals surface area contributed by atoms with Crippen LogP contribution in [0.2, 0.25) is 0 Å². The predicted octanol–water partition coefficient (Wildman–Crippen LogP) is 3.04. The Kier molecular flexibility index (Phi) is 7.96. The van der Waals surface area contributed by atoms with E-state index in [1.807, 2.05) is 28.9 Å². The molecule has 1 saturated heterocycles. The van der Waals surface area contributed by atoms with Crippen molar-refractivity contribution in [3.8, 4) is 16.9 Å². The summed E-state index contributed by atoms with van der Waals surface area (Å²) in [6.45, 7) is 2.77. The van der Waals surface area contributed by atoms with Crippen molar-refractivity contribution in [3.05, 3.63) is 92.9 Å². The van der Waals surface area contributed by atoms with Crippen molar-refractivity contribution in [2.24, 2.45) is 7.05 Å². The van der Waals surface area contributed by atoms with Crippen molar-refractivity contribution in [2.45, 2.75) is 39.6 Å². The number of nitrogens with zero attached hydrogens (tertiary/aromatic N) is 7. The highest BCUT2D eigenvalue weighted by Gasteiger charge is 2.26. The molecule has 14 heteroatoms. The molecule has 0 radical (unpaired) electrons. The minimum absolute atomic E-state index is 0.0114. The van der Waals surface area contributed by atoms with Crippen LogP contribution in [0.1, 0.15) is 25.0 Å². The standard InChI is InChI=1S/C31H32F2N8O4/c1-19-16-38(10-11-40(19)20(2)42)31-34-14-24(15-35-31)22-5-6-25-26(13-22)41(37(3)29(25)44)18-23-12-21(4-7-27(23)45-30(32)33)17-39-9-8-28(43)36-39/h4-9,12-15,19,30H,10-11,16-18H2,1-3H3,(H,36,43)/t19-/m1/s1. The summed E-state index contributed by atoms with van der Waals surface area (Å²) in [5, 5.41) is 3.13. The lowest BCUT2D eigenvalue weighted by atomic mass is 10.1. The smallest absolute Gasteiger partial charge is 0.387 e. The van der Waals surface area contributed by atoms with Gasteiger partial charge in [-0.2, -0.15) is 8.78 Å². The molecule has 1 fully saturated rings. The van der Waals surface area contributed by atoms with E-state index in [1.54, 1.807) is 60.1 Å². The van der Waals surface area contributed by atoms with Crippen LogP contribution in [0, 0.1) is 0 Å². The summed E-state index contributed by atoms with van der Waals surface area (Å²) < 4.78 is 36.2. The summed E-state index contributed by atoms with van der Waals surface area (Å²) in [5.74, 6) is 0.609. The van der Waals surface area contributed by atoms with Gasteiger partial charge in [0.25, 0.3) is 11.1 Å². The van der Waals surface area contributed by atoms with E-state index in [0.29, 0.717) is 48.6 Å². The summed E-state index contributed by atoms with van der Waals surface area (Å²) >= 11 is 0. The Morgan fingerprint density at radius 3 is 2.49 bits per heavy atom. The van der Waals surface area contributed by atoms with Gasteiger partial charge in [-0.25, -0.2) is 9.97 Å². The number of rotatable bonds is 8. The number of benzene rings is 2. The molecule has 0 spiro atoms. The number of H-pyrrole nitrogens is 1. The third kappa shape index (κ3) is 6.08. The van der Waals surface area contributed by atoms with E-state index in [-0.39, 0.29) is 35.4 Å². The monoisotopic (exact) mass is 618 g/mol. The summed E-state index contributed by atoms with van der Waals surface area (Å²) in [4.78, 5) is 49.6. The van der Waals surface area contributed by atoms with Gasteiger partial charge in [0.1, 0.15) is 5.75 Å². The zero-order valence-corrected chi connectivity index (χ0v) is 25.0. The molecule has 6 rings (SSSR count). The second-order valence-corrected chi connectivity index (χ2v) is 11.1. The topological polar surface area (TPSA) is 123 Å². The lowest BCUT2D eigenvalue weighted by molar-refractivity contribution is -0.131. The molecule has 1 aliphatic rings. The van der Waals surface area contributed by atoms with E-state index < -0.39 is 6.61 Å². The lowest BCUT2D eigenvalue weighted by Crippen LogP contribution is -2.53. The number of alkyl halides is 2. The number of aromatic amines is 1. The maximum atomic E-state index is 13.3. The summed E-state index contributed by atoms with van der Waals surface area (Å²) in [5.41, 5.74) is 2.81. The van der Waals surface area contributed by atoms with Crippen LogP contribution in [0.5, 0.6) is 5.75 Å². The second-order valence-electron chi connectivity index (χ2n) is 11.1. The van der Waals surface area contributed by atoms with Gasteiger partial charge in [0.05, 0.1) is 24.0 Å². The fourth-order valence-corrected chi connectivity index (χ4v) is 5.87. The average Bonchev–Trinajstić information content (AvgIpc) is 3.53. The van der Waals surface area contributed by atoms with Crippen LogP contribution < -0.4 is 20.8 Å². The highest BCUT2D eigenvalue weighted by molar-refractivity contribution is 5.84. The van der Waals surface area contributed by atoms with Gasteiger partial charge >= 0.3 is 6.61 Å². The van der Waals surface area contributed by atoms with Crippen molar-refractivity contribution in [1.82, 2.24) is 34.0 Å². The number of amides is 1. The van der Waals surface area contributed by atoms with Gasteiger partial charge in [0.15, 0.2) is 0 Å². The van der Waals surface area contributed by atoms with Crippen molar-refractivity contribution in [2.75, 3.05) is 24.5 Å².